The Morgan fingerprint density at radius 2 is 1.86 bits per heavy atom. The second-order valence-electron chi connectivity index (χ2n) is 13.1. The molecule has 1 aromatic heterocycles. The van der Waals surface area contributed by atoms with E-state index in [9.17, 15) is 18.0 Å². The van der Waals surface area contributed by atoms with Crippen molar-refractivity contribution in [1.29, 1.82) is 0 Å². The van der Waals surface area contributed by atoms with Crippen LogP contribution in [0.3, 0.4) is 0 Å². The third kappa shape index (κ3) is 5.93. The first-order valence-electron chi connectivity index (χ1n) is 14.6. The molecule has 0 saturated heterocycles. The zero-order valence-corrected chi connectivity index (χ0v) is 25.5. The molecule has 0 bridgehead atoms. The van der Waals surface area contributed by atoms with Crippen LogP contribution >= 0.6 is 0 Å². The van der Waals surface area contributed by atoms with E-state index in [0.717, 1.165) is 0 Å². The van der Waals surface area contributed by atoms with Gasteiger partial charge in [0, 0.05) is 17.3 Å². The second-order valence-corrected chi connectivity index (χ2v) is 15.1. The number of nitrogens with zero attached hydrogens (tertiary/aromatic N) is 1. The molecule has 1 saturated carbocycles. The quantitative estimate of drug-likeness (QED) is 0.385. The van der Waals surface area contributed by atoms with E-state index in [2.05, 4.69) is 5.32 Å². The highest BCUT2D eigenvalue weighted by molar-refractivity contribution is 7.91. The summed E-state index contributed by atoms with van der Waals surface area (Å²) in [5.74, 6) is -1.80. The normalized spacial score (nSPS) is 23.2. The third-order valence-corrected chi connectivity index (χ3v) is 10.6. The van der Waals surface area contributed by atoms with Crippen LogP contribution in [0.25, 0.3) is 5.69 Å². The molecule has 1 unspecified atom stereocenters. The minimum Gasteiger partial charge on any atom is -0.461 e. The first-order valence-corrected chi connectivity index (χ1v) is 16.2. The van der Waals surface area contributed by atoms with Crippen molar-refractivity contribution in [3.05, 3.63) is 40.5 Å². The Balaban J connectivity index is 1.43. The van der Waals surface area contributed by atoms with Crippen molar-refractivity contribution in [3.63, 3.8) is 0 Å². The fourth-order valence-corrected chi connectivity index (χ4v) is 9.02. The lowest BCUT2D eigenvalue weighted by Crippen LogP contribution is -2.38. The number of rotatable bonds is 8. The van der Waals surface area contributed by atoms with Gasteiger partial charge in [0.05, 0.1) is 46.5 Å². The maximum absolute atomic E-state index is 15.6. The lowest BCUT2D eigenvalue weighted by atomic mass is 9.89. The van der Waals surface area contributed by atoms with Crippen LogP contribution < -0.4 is 16.8 Å². The standard InChI is InChI=1S/C30H41FN4O6S/c1-16(2)9-22(32)29(37)41-19-7-5-17(6-8-19)34-23-11-18(10-21(31)26(23)28(33)36)35-24-12-30(3,4)15-42(38,39)27(24)20-13-40-14-25(20)35/h10-11,16-17,19,22,34H,5-9,12-15,32H2,1-4H3,(H2,33,36). The Bertz CT molecular complexity index is 1510. The van der Waals surface area contributed by atoms with E-state index >= 15 is 4.39 Å². The van der Waals surface area contributed by atoms with Crippen molar-refractivity contribution < 1.29 is 31.9 Å². The van der Waals surface area contributed by atoms with Gasteiger partial charge in [0.15, 0.2) is 9.84 Å². The topological polar surface area (TPSA) is 156 Å². The molecular weight excluding hydrogens is 563 g/mol. The van der Waals surface area contributed by atoms with E-state index in [4.69, 9.17) is 20.9 Å². The third-order valence-electron chi connectivity index (χ3n) is 8.37. The van der Waals surface area contributed by atoms with Gasteiger partial charge in [-0.25, -0.2) is 12.8 Å². The molecule has 0 radical (unpaired) electrons. The van der Waals surface area contributed by atoms with E-state index in [1.54, 1.807) is 10.6 Å². The molecule has 12 heteroatoms. The average Bonchev–Trinajstić information content (AvgIpc) is 3.43. The zero-order chi connectivity index (χ0) is 30.6. The molecule has 2 aliphatic heterocycles. The molecule has 1 amide bonds. The Hall–Kier alpha value is -2.96. The number of anilines is 1. The van der Waals surface area contributed by atoms with Crippen LogP contribution in [0.5, 0.6) is 0 Å². The highest BCUT2D eigenvalue weighted by Gasteiger charge is 2.43. The number of halogens is 1. The van der Waals surface area contributed by atoms with Crippen molar-refractivity contribution in [3.8, 4) is 5.69 Å². The molecule has 3 aliphatic rings. The molecule has 3 heterocycles. The zero-order valence-electron chi connectivity index (χ0n) is 24.7. The number of nitrogens with two attached hydrogens (primary N) is 2. The number of ether oxygens (including phenoxy) is 2. The molecular formula is C30H41FN4O6S. The number of carbonyl (C=O) groups is 2. The SMILES string of the molecule is CC(C)CC(N)C(=O)OC1CCC(Nc2cc(-n3c4c(c5c3CC(C)(C)CS5(=O)=O)COC4)cc(F)c2C(N)=O)CC1. The van der Waals surface area contributed by atoms with Crippen LogP contribution in [0.1, 0.15) is 87.1 Å². The van der Waals surface area contributed by atoms with E-state index < -0.39 is 39.0 Å². The maximum atomic E-state index is 15.6. The summed E-state index contributed by atoms with van der Waals surface area (Å²) in [5.41, 5.74) is 13.4. The van der Waals surface area contributed by atoms with Crippen molar-refractivity contribution >= 4 is 27.4 Å². The van der Waals surface area contributed by atoms with Crippen molar-refractivity contribution in [2.75, 3.05) is 11.1 Å². The van der Waals surface area contributed by atoms with E-state index in [-0.39, 0.29) is 53.2 Å². The molecule has 1 fully saturated rings. The number of hydrogen-bond donors (Lipinski definition) is 3. The molecule has 2 aromatic rings. The van der Waals surface area contributed by atoms with Crippen LogP contribution in [0, 0.1) is 17.2 Å². The predicted molar refractivity (Wildman–Crippen MR) is 155 cm³/mol. The predicted octanol–water partition coefficient (Wildman–Crippen LogP) is 3.74. The number of benzene rings is 1. The lowest BCUT2D eigenvalue weighted by Gasteiger charge is -2.32. The summed E-state index contributed by atoms with van der Waals surface area (Å²) in [4.78, 5) is 25.0. The van der Waals surface area contributed by atoms with Crippen LogP contribution in [0.15, 0.2) is 17.0 Å². The summed E-state index contributed by atoms with van der Waals surface area (Å²) in [6, 6.07) is 2.11. The number of hydrogen-bond acceptors (Lipinski definition) is 8. The Labute approximate surface area is 246 Å². The molecule has 230 valence electrons. The number of nitrogens with one attached hydrogen (secondary N) is 1. The maximum Gasteiger partial charge on any atom is 0.323 e. The first kappa shape index (κ1) is 30.5. The van der Waals surface area contributed by atoms with Crippen LogP contribution in [-0.2, 0) is 43.7 Å². The Kier molecular flexibility index (Phi) is 8.19. The molecule has 1 atom stereocenters. The summed E-state index contributed by atoms with van der Waals surface area (Å²) in [6.07, 6.45) is 3.21. The van der Waals surface area contributed by atoms with Gasteiger partial charge < -0.3 is 30.8 Å². The van der Waals surface area contributed by atoms with Gasteiger partial charge in [-0.1, -0.05) is 27.7 Å². The fraction of sp³-hybridized carbons (Fsp3) is 0.600. The van der Waals surface area contributed by atoms with Gasteiger partial charge in [0.1, 0.15) is 18.0 Å². The number of esters is 1. The summed E-state index contributed by atoms with van der Waals surface area (Å²) < 4.78 is 55.4. The molecule has 1 aromatic carbocycles. The van der Waals surface area contributed by atoms with E-state index in [1.807, 2.05) is 27.7 Å². The van der Waals surface area contributed by atoms with Crippen LogP contribution in [0.4, 0.5) is 10.1 Å². The fourth-order valence-electron chi connectivity index (χ4n) is 6.67. The van der Waals surface area contributed by atoms with E-state index in [0.29, 0.717) is 61.2 Å². The summed E-state index contributed by atoms with van der Waals surface area (Å²) >= 11 is 0. The average molecular weight is 605 g/mol. The number of amides is 1. The van der Waals surface area contributed by atoms with Crippen molar-refractivity contribution in [2.24, 2.45) is 22.8 Å². The van der Waals surface area contributed by atoms with Gasteiger partial charge in [-0.2, -0.15) is 0 Å². The smallest absolute Gasteiger partial charge is 0.323 e. The highest BCUT2D eigenvalue weighted by atomic mass is 32.2. The molecule has 5 rings (SSSR count). The monoisotopic (exact) mass is 604 g/mol. The number of aromatic nitrogens is 1. The second kappa shape index (κ2) is 11.3. The van der Waals surface area contributed by atoms with Gasteiger partial charge in [-0.3, -0.25) is 9.59 Å². The Morgan fingerprint density at radius 3 is 2.50 bits per heavy atom. The van der Waals surface area contributed by atoms with Gasteiger partial charge in [0.2, 0.25) is 0 Å². The molecule has 1 aliphatic carbocycles. The van der Waals surface area contributed by atoms with Crippen LogP contribution in [0.2, 0.25) is 0 Å². The highest BCUT2D eigenvalue weighted by Crippen LogP contribution is 2.44. The molecule has 10 nitrogen and oxygen atoms in total. The Morgan fingerprint density at radius 1 is 1.17 bits per heavy atom. The molecule has 5 N–H and O–H groups in total. The summed E-state index contributed by atoms with van der Waals surface area (Å²) in [7, 11) is -3.58. The molecule has 42 heavy (non-hydrogen) atoms. The largest absolute Gasteiger partial charge is 0.461 e. The van der Waals surface area contributed by atoms with Gasteiger partial charge in [0.25, 0.3) is 5.91 Å². The van der Waals surface area contributed by atoms with Crippen molar-refractivity contribution in [2.45, 2.75) is 103 Å². The number of primary amides is 1. The van der Waals surface area contributed by atoms with Gasteiger partial charge >= 0.3 is 5.97 Å². The number of sulfone groups is 1. The number of carbonyl (C=O) groups excluding carboxylic acids is 2. The first-order chi connectivity index (χ1) is 19.7. The van der Waals surface area contributed by atoms with Gasteiger partial charge in [-0.05, 0) is 62.0 Å². The van der Waals surface area contributed by atoms with Crippen molar-refractivity contribution in [1.82, 2.24) is 4.57 Å². The van der Waals surface area contributed by atoms with Gasteiger partial charge in [-0.15, -0.1) is 0 Å². The minimum absolute atomic E-state index is 0.0207. The molecule has 0 spiro atoms. The summed E-state index contributed by atoms with van der Waals surface area (Å²) in [5, 5.41) is 3.31. The van der Waals surface area contributed by atoms with E-state index in [1.165, 1.54) is 6.07 Å². The number of fused-ring (bicyclic) bond motifs is 3. The summed E-state index contributed by atoms with van der Waals surface area (Å²) in [6.45, 7) is 8.18. The van der Waals surface area contributed by atoms with Crippen LogP contribution in [-0.4, -0.2) is 48.8 Å². The lowest BCUT2D eigenvalue weighted by molar-refractivity contribution is -0.152. The minimum atomic E-state index is -3.58.